The molecular weight excluding hydrogens is 264 g/mol. The summed E-state index contributed by atoms with van der Waals surface area (Å²) < 4.78 is 6.85. The van der Waals surface area contributed by atoms with Gasteiger partial charge in [-0.3, -0.25) is 0 Å². The molecule has 0 saturated heterocycles. The van der Waals surface area contributed by atoms with Crippen LogP contribution in [0, 0.1) is 6.92 Å². The molecule has 0 spiro atoms. The van der Waals surface area contributed by atoms with Crippen molar-refractivity contribution in [2.75, 3.05) is 12.8 Å². The molecule has 0 unspecified atom stereocenters. The fourth-order valence-corrected chi connectivity index (χ4v) is 2.11. The molecule has 2 N–H and O–H groups in total. The summed E-state index contributed by atoms with van der Waals surface area (Å²) in [5, 5.41) is 8.36. The topological polar surface area (TPSA) is 66.0 Å². The zero-order valence-corrected chi connectivity index (χ0v) is 11.9. The number of aromatic nitrogens is 3. The maximum Gasteiger partial charge on any atom is 0.141 e. The van der Waals surface area contributed by atoms with Gasteiger partial charge in [0.15, 0.2) is 0 Å². The number of aryl methyl sites for hydroxylation is 1. The van der Waals surface area contributed by atoms with Crippen molar-refractivity contribution < 1.29 is 4.74 Å². The molecule has 5 nitrogen and oxygen atoms in total. The monoisotopic (exact) mass is 280 g/mol. The fourth-order valence-electron chi connectivity index (χ4n) is 2.11. The lowest BCUT2D eigenvalue weighted by atomic mass is 10.1. The molecule has 1 heterocycles. The first kappa shape index (κ1) is 13.2. The van der Waals surface area contributed by atoms with Gasteiger partial charge in [-0.25, -0.2) is 4.68 Å². The van der Waals surface area contributed by atoms with E-state index in [0.29, 0.717) is 11.4 Å². The van der Waals surface area contributed by atoms with Crippen LogP contribution in [0.2, 0.25) is 0 Å². The normalized spacial score (nSPS) is 10.6. The van der Waals surface area contributed by atoms with Gasteiger partial charge in [-0.2, -0.15) is 0 Å². The van der Waals surface area contributed by atoms with Gasteiger partial charge in [0.2, 0.25) is 0 Å². The van der Waals surface area contributed by atoms with E-state index in [0.717, 1.165) is 16.9 Å². The number of anilines is 1. The van der Waals surface area contributed by atoms with Crippen LogP contribution in [-0.4, -0.2) is 22.1 Å². The van der Waals surface area contributed by atoms with Crippen molar-refractivity contribution in [2.45, 2.75) is 6.92 Å². The minimum Gasteiger partial charge on any atom is -0.495 e. The molecule has 3 aromatic rings. The standard InChI is InChI=1S/C16H16N4O/c1-11-3-5-12(6-4-11)15-10-20(19-18-15)13-7-8-16(21-2)14(17)9-13/h3-10H,17H2,1-2H3. The maximum atomic E-state index is 5.92. The second-order valence-corrected chi connectivity index (χ2v) is 4.84. The van der Waals surface area contributed by atoms with Gasteiger partial charge in [-0.15, -0.1) is 5.10 Å². The van der Waals surface area contributed by atoms with E-state index < -0.39 is 0 Å². The Bertz CT molecular complexity index is 762. The Kier molecular flexibility index (Phi) is 3.31. The van der Waals surface area contributed by atoms with Crippen molar-refractivity contribution in [3.8, 4) is 22.7 Å². The third-order valence-corrected chi connectivity index (χ3v) is 3.32. The molecule has 0 aliphatic heterocycles. The highest BCUT2D eigenvalue weighted by Gasteiger charge is 2.07. The predicted octanol–water partition coefficient (Wildman–Crippen LogP) is 2.83. The summed E-state index contributed by atoms with van der Waals surface area (Å²) in [7, 11) is 1.59. The zero-order chi connectivity index (χ0) is 14.8. The summed E-state index contributed by atoms with van der Waals surface area (Å²) in [6, 6.07) is 13.7. The molecular formula is C16H16N4O. The van der Waals surface area contributed by atoms with E-state index in [1.54, 1.807) is 11.8 Å². The lowest BCUT2D eigenvalue weighted by molar-refractivity contribution is 0.417. The van der Waals surface area contributed by atoms with Crippen LogP contribution in [-0.2, 0) is 0 Å². The number of benzene rings is 2. The Labute approximate surface area is 123 Å². The quantitative estimate of drug-likeness (QED) is 0.749. The zero-order valence-electron chi connectivity index (χ0n) is 11.9. The van der Waals surface area contributed by atoms with Gasteiger partial charge in [0.1, 0.15) is 11.4 Å². The van der Waals surface area contributed by atoms with E-state index >= 15 is 0 Å². The third kappa shape index (κ3) is 2.58. The largest absolute Gasteiger partial charge is 0.495 e. The van der Waals surface area contributed by atoms with Crippen LogP contribution in [0.25, 0.3) is 16.9 Å². The Morgan fingerprint density at radius 2 is 1.86 bits per heavy atom. The van der Waals surface area contributed by atoms with E-state index in [1.807, 2.05) is 36.5 Å². The maximum absolute atomic E-state index is 5.92. The molecule has 0 radical (unpaired) electrons. The summed E-state index contributed by atoms with van der Waals surface area (Å²) in [6.45, 7) is 2.06. The third-order valence-electron chi connectivity index (χ3n) is 3.32. The van der Waals surface area contributed by atoms with Crippen molar-refractivity contribution in [3.63, 3.8) is 0 Å². The predicted molar refractivity (Wildman–Crippen MR) is 82.5 cm³/mol. The smallest absolute Gasteiger partial charge is 0.141 e. The number of hydrogen-bond acceptors (Lipinski definition) is 4. The lowest BCUT2D eigenvalue weighted by Gasteiger charge is -2.06. The van der Waals surface area contributed by atoms with Crippen LogP contribution in [0.5, 0.6) is 5.75 Å². The van der Waals surface area contributed by atoms with E-state index in [2.05, 4.69) is 29.4 Å². The summed E-state index contributed by atoms with van der Waals surface area (Å²) in [5.74, 6) is 0.651. The van der Waals surface area contributed by atoms with Gasteiger partial charge in [0.05, 0.1) is 24.7 Å². The van der Waals surface area contributed by atoms with Crippen LogP contribution in [0.1, 0.15) is 5.56 Å². The number of ether oxygens (including phenoxy) is 1. The van der Waals surface area contributed by atoms with Crippen molar-refractivity contribution in [3.05, 3.63) is 54.2 Å². The summed E-state index contributed by atoms with van der Waals surface area (Å²) >= 11 is 0. The molecule has 0 aliphatic rings. The molecule has 0 aliphatic carbocycles. The molecule has 0 atom stereocenters. The van der Waals surface area contributed by atoms with Crippen molar-refractivity contribution in [2.24, 2.45) is 0 Å². The highest BCUT2D eigenvalue weighted by atomic mass is 16.5. The Morgan fingerprint density at radius 3 is 2.52 bits per heavy atom. The van der Waals surface area contributed by atoms with Crippen molar-refractivity contribution in [1.82, 2.24) is 15.0 Å². The average molecular weight is 280 g/mol. The lowest BCUT2D eigenvalue weighted by Crippen LogP contribution is -1.98. The van der Waals surface area contributed by atoms with Crippen LogP contribution in [0.3, 0.4) is 0 Å². The van der Waals surface area contributed by atoms with Gasteiger partial charge in [0.25, 0.3) is 0 Å². The van der Waals surface area contributed by atoms with Crippen molar-refractivity contribution in [1.29, 1.82) is 0 Å². The SMILES string of the molecule is COc1ccc(-n2cc(-c3ccc(C)cc3)nn2)cc1N. The van der Waals surface area contributed by atoms with E-state index in [9.17, 15) is 0 Å². The van der Waals surface area contributed by atoms with Crippen molar-refractivity contribution >= 4 is 5.69 Å². The number of hydrogen-bond donors (Lipinski definition) is 1. The molecule has 3 rings (SSSR count). The van der Waals surface area contributed by atoms with Gasteiger partial charge >= 0.3 is 0 Å². The first-order valence-electron chi connectivity index (χ1n) is 6.60. The number of nitrogens with two attached hydrogens (primary N) is 1. The minimum atomic E-state index is 0.572. The highest BCUT2D eigenvalue weighted by Crippen LogP contribution is 2.24. The first-order chi connectivity index (χ1) is 10.2. The molecule has 2 aromatic carbocycles. The van der Waals surface area contributed by atoms with Crippen LogP contribution in [0.15, 0.2) is 48.7 Å². The molecule has 0 fully saturated rings. The van der Waals surface area contributed by atoms with Gasteiger partial charge < -0.3 is 10.5 Å². The second kappa shape index (κ2) is 5.28. The van der Waals surface area contributed by atoms with Crippen LogP contribution in [0.4, 0.5) is 5.69 Å². The summed E-state index contributed by atoms with van der Waals surface area (Å²) in [6.07, 6.45) is 1.88. The average Bonchev–Trinajstić information content (AvgIpc) is 2.98. The molecule has 106 valence electrons. The van der Waals surface area contributed by atoms with Crippen LogP contribution < -0.4 is 10.5 Å². The molecule has 0 bridgehead atoms. The Balaban J connectivity index is 1.94. The first-order valence-corrected chi connectivity index (χ1v) is 6.60. The van der Waals surface area contributed by atoms with E-state index in [-0.39, 0.29) is 0 Å². The highest BCUT2D eigenvalue weighted by molar-refractivity contribution is 5.60. The van der Waals surface area contributed by atoms with Gasteiger partial charge in [-0.05, 0) is 25.1 Å². The number of rotatable bonds is 3. The van der Waals surface area contributed by atoms with Gasteiger partial charge in [0, 0.05) is 5.56 Å². The van der Waals surface area contributed by atoms with E-state index in [1.165, 1.54) is 5.56 Å². The fraction of sp³-hybridized carbons (Fsp3) is 0.125. The van der Waals surface area contributed by atoms with Crippen LogP contribution >= 0.6 is 0 Å². The number of nitrogens with zero attached hydrogens (tertiary/aromatic N) is 3. The van der Waals surface area contributed by atoms with E-state index in [4.69, 9.17) is 10.5 Å². The molecule has 0 saturated carbocycles. The Hall–Kier alpha value is -2.82. The molecule has 21 heavy (non-hydrogen) atoms. The summed E-state index contributed by atoms with van der Waals surface area (Å²) in [5.41, 5.74) is 10.4. The second-order valence-electron chi connectivity index (χ2n) is 4.84. The number of methoxy groups -OCH3 is 1. The minimum absolute atomic E-state index is 0.572. The Morgan fingerprint density at radius 1 is 1.10 bits per heavy atom. The molecule has 0 amide bonds. The summed E-state index contributed by atoms with van der Waals surface area (Å²) in [4.78, 5) is 0. The molecule has 5 heteroatoms. The van der Waals surface area contributed by atoms with Gasteiger partial charge in [-0.1, -0.05) is 35.0 Å². The molecule has 1 aromatic heterocycles. The number of nitrogen functional groups attached to an aromatic ring is 1.